The van der Waals surface area contributed by atoms with Gasteiger partial charge in [-0.15, -0.1) is 0 Å². The minimum Gasteiger partial charge on any atom is -0.311 e. The summed E-state index contributed by atoms with van der Waals surface area (Å²) in [5.41, 5.74) is 0. The summed E-state index contributed by atoms with van der Waals surface area (Å²) in [7, 11) is 0. The number of nitrogens with one attached hydrogen (secondary N) is 1. The summed E-state index contributed by atoms with van der Waals surface area (Å²) in [6.45, 7) is 5.80. The molecular weight excluding hydrogens is 170 g/mol. The lowest BCUT2D eigenvalue weighted by molar-refractivity contribution is 0.482. The zero-order valence-corrected chi connectivity index (χ0v) is 9.76. The Kier molecular flexibility index (Phi) is 5.93. The van der Waals surface area contributed by atoms with Crippen LogP contribution in [0.4, 0.5) is 0 Å². The van der Waals surface area contributed by atoms with Gasteiger partial charge >= 0.3 is 0 Å². The van der Waals surface area contributed by atoms with Crippen LogP contribution in [0.15, 0.2) is 12.2 Å². The van der Waals surface area contributed by atoms with Crippen molar-refractivity contribution in [3.05, 3.63) is 12.2 Å². The molecule has 14 heavy (non-hydrogen) atoms. The van der Waals surface area contributed by atoms with E-state index >= 15 is 0 Å². The minimum absolute atomic E-state index is 0.669. The Bertz CT molecular complexity index is 161. The molecule has 0 spiro atoms. The summed E-state index contributed by atoms with van der Waals surface area (Å²) in [5.74, 6) is 0.865. The van der Waals surface area contributed by atoms with E-state index in [1.165, 1.54) is 45.1 Å². The van der Waals surface area contributed by atoms with E-state index in [0.717, 1.165) is 5.92 Å². The quantitative estimate of drug-likeness (QED) is 0.505. The van der Waals surface area contributed by atoms with Crippen molar-refractivity contribution < 1.29 is 0 Å². The second kappa shape index (κ2) is 7.05. The molecule has 0 aliphatic heterocycles. The third kappa shape index (κ3) is 5.43. The van der Waals surface area contributed by atoms with Gasteiger partial charge < -0.3 is 5.32 Å². The van der Waals surface area contributed by atoms with Crippen LogP contribution in [-0.4, -0.2) is 12.6 Å². The molecule has 1 atom stereocenters. The summed E-state index contributed by atoms with van der Waals surface area (Å²) in [6, 6.07) is 0.669. The SMILES string of the molecule is CC(C)CCCCNC1C=CCCC1. The Morgan fingerprint density at radius 1 is 1.36 bits per heavy atom. The van der Waals surface area contributed by atoms with Gasteiger partial charge in [0.25, 0.3) is 0 Å². The molecule has 0 heterocycles. The molecule has 82 valence electrons. The predicted molar refractivity (Wildman–Crippen MR) is 63.5 cm³/mol. The van der Waals surface area contributed by atoms with Crippen molar-refractivity contribution in [1.29, 1.82) is 0 Å². The van der Waals surface area contributed by atoms with E-state index in [1.54, 1.807) is 0 Å². The van der Waals surface area contributed by atoms with Crippen molar-refractivity contribution in [3.63, 3.8) is 0 Å². The summed E-state index contributed by atoms with van der Waals surface area (Å²) >= 11 is 0. The van der Waals surface area contributed by atoms with E-state index in [1.807, 2.05) is 0 Å². The van der Waals surface area contributed by atoms with Gasteiger partial charge in [0.1, 0.15) is 0 Å². The van der Waals surface area contributed by atoms with Crippen molar-refractivity contribution in [3.8, 4) is 0 Å². The van der Waals surface area contributed by atoms with E-state index in [2.05, 4.69) is 31.3 Å². The topological polar surface area (TPSA) is 12.0 Å². The van der Waals surface area contributed by atoms with Crippen LogP contribution in [0, 0.1) is 5.92 Å². The van der Waals surface area contributed by atoms with Crippen molar-refractivity contribution in [2.75, 3.05) is 6.54 Å². The molecule has 0 radical (unpaired) electrons. The van der Waals surface area contributed by atoms with Crippen LogP contribution in [0.25, 0.3) is 0 Å². The fourth-order valence-corrected chi connectivity index (χ4v) is 1.95. The lowest BCUT2D eigenvalue weighted by Gasteiger charge is -2.17. The Morgan fingerprint density at radius 3 is 2.86 bits per heavy atom. The van der Waals surface area contributed by atoms with Crippen LogP contribution in [0.3, 0.4) is 0 Å². The molecule has 0 aromatic heterocycles. The van der Waals surface area contributed by atoms with Crippen molar-refractivity contribution in [1.82, 2.24) is 5.32 Å². The second-order valence-corrected chi connectivity index (χ2v) is 4.81. The predicted octanol–water partition coefficient (Wildman–Crippen LogP) is 3.51. The van der Waals surface area contributed by atoms with E-state index in [-0.39, 0.29) is 0 Å². The van der Waals surface area contributed by atoms with Gasteiger partial charge in [-0.3, -0.25) is 0 Å². The van der Waals surface area contributed by atoms with Gasteiger partial charge in [0.2, 0.25) is 0 Å². The lowest BCUT2D eigenvalue weighted by atomic mass is 10.0. The summed E-state index contributed by atoms with van der Waals surface area (Å²) in [6.07, 6.45) is 12.7. The van der Waals surface area contributed by atoms with E-state index < -0.39 is 0 Å². The third-order valence-corrected chi connectivity index (χ3v) is 2.87. The third-order valence-electron chi connectivity index (χ3n) is 2.87. The molecule has 0 aromatic carbocycles. The summed E-state index contributed by atoms with van der Waals surface area (Å²) in [5, 5.41) is 3.61. The highest BCUT2D eigenvalue weighted by atomic mass is 14.9. The maximum atomic E-state index is 3.61. The zero-order valence-electron chi connectivity index (χ0n) is 9.76. The van der Waals surface area contributed by atoms with Gasteiger partial charge in [-0.1, -0.05) is 38.8 Å². The average Bonchev–Trinajstić information content (AvgIpc) is 2.18. The van der Waals surface area contributed by atoms with Gasteiger partial charge in [0.05, 0.1) is 0 Å². The highest BCUT2D eigenvalue weighted by molar-refractivity contribution is 4.97. The van der Waals surface area contributed by atoms with E-state index in [0.29, 0.717) is 6.04 Å². The van der Waals surface area contributed by atoms with Crippen LogP contribution in [0.2, 0.25) is 0 Å². The first-order valence-electron chi connectivity index (χ1n) is 6.19. The first kappa shape index (κ1) is 11.8. The van der Waals surface area contributed by atoms with Crippen LogP contribution >= 0.6 is 0 Å². The normalized spacial score (nSPS) is 21.8. The molecule has 0 saturated heterocycles. The number of hydrogen-bond acceptors (Lipinski definition) is 1. The Labute approximate surface area is 89.0 Å². The molecule has 0 amide bonds. The largest absolute Gasteiger partial charge is 0.311 e. The zero-order chi connectivity index (χ0) is 10.2. The molecule has 1 unspecified atom stereocenters. The fourth-order valence-electron chi connectivity index (χ4n) is 1.95. The summed E-state index contributed by atoms with van der Waals surface area (Å²) < 4.78 is 0. The molecule has 0 bridgehead atoms. The van der Waals surface area contributed by atoms with Crippen LogP contribution < -0.4 is 5.32 Å². The highest BCUT2D eigenvalue weighted by Gasteiger charge is 2.06. The molecular formula is C13H25N. The number of unbranched alkanes of at least 4 members (excludes halogenated alkanes) is 1. The van der Waals surface area contributed by atoms with Crippen molar-refractivity contribution >= 4 is 0 Å². The molecule has 1 N–H and O–H groups in total. The van der Waals surface area contributed by atoms with Gasteiger partial charge in [0, 0.05) is 6.04 Å². The van der Waals surface area contributed by atoms with Crippen molar-refractivity contribution in [2.45, 2.75) is 58.4 Å². The average molecular weight is 195 g/mol. The van der Waals surface area contributed by atoms with E-state index in [4.69, 9.17) is 0 Å². The Hall–Kier alpha value is -0.300. The van der Waals surface area contributed by atoms with Crippen LogP contribution in [-0.2, 0) is 0 Å². The first-order chi connectivity index (χ1) is 6.79. The van der Waals surface area contributed by atoms with Gasteiger partial charge in [-0.05, 0) is 38.1 Å². The molecule has 1 aliphatic rings. The summed E-state index contributed by atoms with van der Waals surface area (Å²) in [4.78, 5) is 0. The van der Waals surface area contributed by atoms with Gasteiger partial charge in [0.15, 0.2) is 0 Å². The van der Waals surface area contributed by atoms with Crippen LogP contribution in [0.1, 0.15) is 52.4 Å². The van der Waals surface area contributed by atoms with Crippen molar-refractivity contribution in [2.24, 2.45) is 5.92 Å². The second-order valence-electron chi connectivity index (χ2n) is 4.81. The smallest absolute Gasteiger partial charge is 0.0250 e. The molecule has 0 aromatic rings. The lowest BCUT2D eigenvalue weighted by Crippen LogP contribution is -2.29. The molecule has 0 saturated carbocycles. The standard InChI is InChI=1S/C13H25N/c1-12(2)8-6-7-11-14-13-9-4-3-5-10-13/h4,9,12-14H,3,5-8,10-11H2,1-2H3. The maximum Gasteiger partial charge on any atom is 0.0250 e. The minimum atomic E-state index is 0.669. The molecule has 1 aliphatic carbocycles. The number of allylic oxidation sites excluding steroid dienone is 1. The maximum absolute atomic E-state index is 3.61. The fraction of sp³-hybridized carbons (Fsp3) is 0.846. The monoisotopic (exact) mass is 195 g/mol. The number of rotatable bonds is 6. The molecule has 1 rings (SSSR count). The number of hydrogen-bond donors (Lipinski definition) is 1. The Balaban J connectivity index is 1.93. The highest BCUT2D eigenvalue weighted by Crippen LogP contribution is 2.10. The first-order valence-corrected chi connectivity index (χ1v) is 6.19. The molecule has 1 heteroatoms. The van der Waals surface area contributed by atoms with E-state index in [9.17, 15) is 0 Å². The molecule has 0 fully saturated rings. The van der Waals surface area contributed by atoms with Gasteiger partial charge in [-0.25, -0.2) is 0 Å². The van der Waals surface area contributed by atoms with Gasteiger partial charge in [-0.2, -0.15) is 0 Å². The Morgan fingerprint density at radius 2 is 2.21 bits per heavy atom. The molecule has 1 nitrogen and oxygen atoms in total. The van der Waals surface area contributed by atoms with Crippen LogP contribution in [0.5, 0.6) is 0 Å².